The maximum absolute atomic E-state index is 13.5. The third-order valence-corrected chi connectivity index (χ3v) is 8.66. The molecule has 1 nitrogen and oxygen atoms in total. The normalized spacial score (nSPS) is 12.4. The van der Waals surface area contributed by atoms with Crippen LogP contribution in [0.3, 0.4) is 0 Å². The van der Waals surface area contributed by atoms with E-state index in [1.165, 1.54) is 0 Å². The summed E-state index contributed by atoms with van der Waals surface area (Å²) < 4.78 is 0. The van der Waals surface area contributed by atoms with Crippen molar-refractivity contribution in [1.29, 1.82) is 0 Å². The van der Waals surface area contributed by atoms with E-state index in [-0.39, 0.29) is 45.5 Å². The molecule has 0 saturated carbocycles. The van der Waals surface area contributed by atoms with Gasteiger partial charge >= 0.3 is 23.1 Å². The molecule has 0 saturated heterocycles. The van der Waals surface area contributed by atoms with Crippen LogP contribution in [-0.4, -0.2) is 31.4 Å². The van der Waals surface area contributed by atoms with Crippen molar-refractivity contribution in [1.82, 2.24) is 0 Å². The van der Waals surface area contributed by atoms with E-state index in [9.17, 15) is 4.80 Å². The second-order valence-corrected chi connectivity index (χ2v) is 11.5. The van der Waals surface area contributed by atoms with Crippen LogP contribution in [0.1, 0.15) is 41.5 Å². The van der Waals surface area contributed by atoms with E-state index in [1.54, 1.807) is 0 Å². The zero-order valence-corrected chi connectivity index (χ0v) is 15.6. The summed E-state index contributed by atoms with van der Waals surface area (Å²) in [6.07, 6.45) is 0. The fraction of sp³-hybridized carbons (Fsp3) is 0.571. The Morgan fingerprint density at radius 2 is 1.17 bits per heavy atom. The number of rotatable bonds is 1. The Balaban J connectivity index is 0. The fourth-order valence-electron chi connectivity index (χ4n) is 2.66. The predicted molar refractivity (Wildman–Crippen MR) is 77.0 cm³/mol. The van der Waals surface area contributed by atoms with E-state index in [0.717, 1.165) is 5.19 Å². The summed E-state index contributed by atoms with van der Waals surface area (Å²) in [6.45, 7) is 12.5. The molecule has 0 fully saturated rings. The summed E-state index contributed by atoms with van der Waals surface area (Å²) in [5.41, 5.74) is 0. The van der Waals surface area contributed by atoms with Gasteiger partial charge in [-0.1, -0.05) is 87.1 Å². The van der Waals surface area contributed by atoms with Crippen LogP contribution in [0.2, 0.25) is 10.1 Å². The van der Waals surface area contributed by atoms with Crippen LogP contribution in [-0.2, 0) is 0 Å². The van der Waals surface area contributed by atoms with Crippen molar-refractivity contribution in [3.8, 4) is 0 Å². The van der Waals surface area contributed by atoms with E-state index in [1.807, 2.05) is 30.3 Å². The van der Waals surface area contributed by atoms with Crippen LogP contribution in [0.5, 0.6) is 0 Å². The molecule has 0 aromatic heterocycles. The van der Waals surface area contributed by atoms with Gasteiger partial charge in [-0.15, -0.1) is 0 Å². The molecule has 0 N–H and O–H groups in total. The van der Waals surface area contributed by atoms with Crippen LogP contribution in [0.25, 0.3) is 0 Å². The second kappa shape index (κ2) is 6.75. The SMILES string of the molecule is CC(C)(C)[Si]([O-])(c1ccccc1)C(C)(C)C.[Cl-].[Mg+2]. The molecule has 1 aromatic rings. The van der Waals surface area contributed by atoms with Gasteiger partial charge < -0.3 is 17.2 Å². The number of hydrogen-bond acceptors (Lipinski definition) is 1. The number of benzene rings is 1. The Bertz CT molecular complexity index is 340. The van der Waals surface area contributed by atoms with Gasteiger partial charge in [-0.3, -0.25) is 0 Å². The molecule has 0 atom stereocenters. The minimum Gasteiger partial charge on any atom is -1.00 e. The molecular weight excluding hydrogens is 272 g/mol. The average Bonchev–Trinajstić information content (AvgIpc) is 2.14. The Labute approximate surface area is 135 Å². The summed E-state index contributed by atoms with van der Waals surface area (Å²) in [4.78, 5) is 13.5. The summed E-state index contributed by atoms with van der Waals surface area (Å²) in [5, 5.41) is 0.675. The summed E-state index contributed by atoms with van der Waals surface area (Å²) in [5.74, 6) is 0. The van der Waals surface area contributed by atoms with Crippen molar-refractivity contribution in [3.05, 3.63) is 30.3 Å². The molecule has 0 aliphatic carbocycles. The van der Waals surface area contributed by atoms with Gasteiger partial charge in [0.15, 0.2) is 0 Å². The summed E-state index contributed by atoms with van der Waals surface area (Å²) in [7, 11) is -2.78. The van der Waals surface area contributed by atoms with Crippen LogP contribution >= 0.6 is 0 Å². The van der Waals surface area contributed by atoms with E-state index in [4.69, 9.17) is 0 Å². The first kappa shape index (κ1) is 20.8. The topological polar surface area (TPSA) is 23.1 Å². The molecule has 0 aliphatic heterocycles. The first-order chi connectivity index (χ1) is 7.11. The van der Waals surface area contributed by atoms with Gasteiger partial charge in [-0.2, -0.15) is 0 Å². The van der Waals surface area contributed by atoms with Gasteiger partial charge in [0.1, 0.15) is 0 Å². The minimum absolute atomic E-state index is 0. The van der Waals surface area contributed by atoms with Crippen molar-refractivity contribution in [2.45, 2.75) is 51.6 Å². The molecule has 1 aromatic carbocycles. The Morgan fingerprint density at radius 3 is 1.44 bits per heavy atom. The Hall–Kier alpha value is 0.453. The van der Waals surface area contributed by atoms with Crippen LogP contribution in [0.4, 0.5) is 0 Å². The van der Waals surface area contributed by atoms with Crippen molar-refractivity contribution in [2.75, 3.05) is 0 Å². The van der Waals surface area contributed by atoms with Gasteiger partial charge in [0, 0.05) is 8.32 Å². The molecule has 0 unspecified atom stereocenters. The molecule has 0 aliphatic rings. The van der Waals surface area contributed by atoms with Gasteiger partial charge in [0.05, 0.1) is 0 Å². The third kappa shape index (κ3) is 3.73. The molecule has 0 radical (unpaired) electrons. The largest absolute Gasteiger partial charge is 2.00 e. The zero-order chi connectivity index (χ0) is 12.6. The third-order valence-electron chi connectivity index (χ3n) is 3.29. The molecule has 0 spiro atoms. The van der Waals surface area contributed by atoms with Crippen LogP contribution in [0, 0.1) is 0 Å². The van der Waals surface area contributed by atoms with Crippen molar-refractivity contribution in [3.63, 3.8) is 0 Å². The fourth-order valence-corrected chi connectivity index (χ4v) is 7.31. The molecule has 0 heterocycles. The van der Waals surface area contributed by atoms with Crippen LogP contribution in [0.15, 0.2) is 30.3 Å². The summed E-state index contributed by atoms with van der Waals surface area (Å²) in [6, 6.07) is 9.95. The smallest absolute Gasteiger partial charge is 1.00 e. The van der Waals surface area contributed by atoms with E-state index < -0.39 is 8.32 Å². The molecule has 98 valence electrons. The number of hydrogen-bond donors (Lipinski definition) is 0. The molecule has 0 bridgehead atoms. The average molecular weight is 295 g/mol. The van der Waals surface area contributed by atoms with E-state index in [2.05, 4.69) is 41.5 Å². The zero-order valence-electron chi connectivity index (χ0n) is 12.4. The first-order valence-electron chi connectivity index (χ1n) is 5.86. The number of halogens is 1. The van der Waals surface area contributed by atoms with E-state index >= 15 is 0 Å². The monoisotopic (exact) mass is 294 g/mol. The van der Waals surface area contributed by atoms with Gasteiger partial charge in [0.25, 0.3) is 0 Å². The van der Waals surface area contributed by atoms with Crippen molar-refractivity contribution >= 4 is 36.6 Å². The minimum atomic E-state index is -2.78. The molecular formula is C14H23ClMgOSi. The second-order valence-electron chi connectivity index (χ2n) is 6.55. The van der Waals surface area contributed by atoms with Gasteiger partial charge in [0.2, 0.25) is 0 Å². The molecule has 4 heteroatoms. The predicted octanol–water partition coefficient (Wildman–Crippen LogP) is -0.577. The van der Waals surface area contributed by atoms with Crippen molar-refractivity contribution < 1.29 is 17.2 Å². The van der Waals surface area contributed by atoms with Crippen LogP contribution < -0.4 is 22.4 Å². The first-order valence-corrected chi connectivity index (χ1v) is 7.77. The molecule has 1 rings (SSSR count). The molecule has 0 amide bonds. The maximum Gasteiger partial charge on any atom is 2.00 e. The van der Waals surface area contributed by atoms with Crippen molar-refractivity contribution in [2.24, 2.45) is 0 Å². The van der Waals surface area contributed by atoms with E-state index in [0.29, 0.717) is 0 Å². The Morgan fingerprint density at radius 1 is 0.833 bits per heavy atom. The maximum atomic E-state index is 13.5. The Kier molecular flexibility index (Phi) is 7.79. The standard InChI is InChI=1S/C14H23OSi.ClH.Mg/c1-13(2,3)16(15,14(4,5)6)12-10-8-7-9-11-12;;/h7-11H,1-6H3;1H;/q-1;;+2/p-1. The van der Waals surface area contributed by atoms with Gasteiger partial charge in [-0.25, -0.2) is 0 Å². The summed E-state index contributed by atoms with van der Waals surface area (Å²) >= 11 is 0. The quantitative estimate of drug-likeness (QED) is 0.636. The van der Waals surface area contributed by atoms with Gasteiger partial charge in [-0.05, 0) is 0 Å². The molecule has 18 heavy (non-hydrogen) atoms.